The number of hydrogen-bond donors (Lipinski definition) is 4. The average Bonchev–Trinajstić information content (AvgIpc) is 2.51. The van der Waals surface area contributed by atoms with Gasteiger partial charge in [0.1, 0.15) is 0 Å². The highest BCUT2D eigenvalue weighted by Gasteiger charge is 2.07. The van der Waals surface area contributed by atoms with E-state index in [1.54, 1.807) is 24.3 Å². The van der Waals surface area contributed by atoms with Crippen molar-refractivity contribution in [2.75, 3.05) is 13.1 Å². The van der Waals surface area contributed by atoms with Crippen molar-refractivity contribution in [1.82, 2.24) is 21.5 Å². The zero-order valence-corrected chi connectivity index (χ0v) is 13.6. The zero-order chi connectivity index (χ0) is 16.4. The van der Waals surface area contributed by atoms with Gasteiger partial charge in [-0.25, -0.2) is 0 Å². The molecule has 4 N–H and O–H groups in total. The molecule has 0 aromatic heterocycles. The van der Waals surface area contributed by atoms with Crippen molar-refractivity contribution >= 4 is 29.1 Å². The summed E-state index contributed by atoms with van der Waals surface area (Å²) >= 11 is 5.01. The summed E-state index contributed by atoms with van der Waals surface area (Å²) in [5.74, 6) is -0.0937. The Morgan fingerprint density at radius 3 is 2.41 bits per heavy atom. The number of carbonyl (C=O) groups excluding carboxylic acids is 2. The molecule has 0 spiro atoms. The van der Waals surface area contributed by atoms with Crippen LogP contribution in [0.1, 0.15) is 30.6 Å². The highest BCUT2D eigenvalue weighted by atomic mass is 32.1. The number of hydrogen-bond acceptors (Lipinski definition) is 3. The number of benzene rings is 1. The Morgan fingerprint density at radius 2 is 1.77 bits per heavy atom. The van der Waals surface area contributed by atoms with Crippen molar-refractivity contribution in [3.05, 3.63) is 35.9 Å². The van der Waals surface area contributed by atoms with Crippen LogP contribution < -0.4 is 21.5 Å². The van der Waals surface area contributed by atoms with Gasteiger partial charge in [-0.1, -0.05) is 32.0 Å². The summed E-state index contributed by atoms with van der Waals surface area (Å²) in [5.41, 5.74) is 5.52. The van der Waals surface area contributed by atoms with E-state index >= 15 is 0 Å². The van der Waals surface area contributed by atoms with Crippen LogP contribution in [0.5, 0.6) is 0 Å². The van der Waals surface area contributed by atoms with Crippen LogP contribution >= 0.6 is 12.2 Å². The van der Waals surface area contributed by atoms with Gasteiger partial charge in [0.2, 0.25) is 0 Å². The Kier molecular flexibility index (Phi) is 7.91. The summed E-state index contributed by atoms with van der Waals surface area (Å²) in [6.45, 7) is 4.85. The highest BCUT2D eigenvalue weighted by Crippen LogP contribution is 1.97. The first-order valence-corrected chi connectivity index (χ1v) is 7.55. The molecule has 2 amide bonds. The number of hydrazine groups is 1. The second-order valence-corrected chi connectivity index (χ2v) is 5.57. The van der Waals surface area contributed by atoms with E-state index in [9.17, 15) is 9.59 Å². The SMILES string of the molecule is CC(C)CCNC(=S)NNC(=O)CNC(=O)c1ccccc1. The van der Waals surface area contributed by atoms with E-state index in [0.29, 0.717) is 16.6 Å². The van der Waals surface area contributed by atoms with Crippen LogP contribution in [-0.2, 0) is 4.79 Å². The standard InChI is InChI=1S/C15H22N4O2S/c1-11(2)8-9-16-15(22)19-18-13(20)10-17-14(21)12-6-4-3-5-7-12/h3-7,11H,8-10H2,1-2H3,(H,17,21)(H,18,20)(H2,16,19,22). The molecule has 0 saturated carbocycles. The van der Waals surface area contributed by atoms with E-state index in [1.807, 2.05) is 6.07 Å². The molecule has 7 heteroatoms. The fourth-order valence-electron chi connectivity index (χ4n) is 1.54. The molecule has 1 rings (SSSR count). The summed E-state index contributed by atoms with van der Waals surface area (Å²) in [6, 6.07) is 8.70. The maximum absolute atomic E-state index is 11.7. The van der Waals surface area contributed by atoms with Crippen molar-refractivity contribution in [3.8, 4) is 0 Å². The minimum absolute atomic E-state index is 0.130. The number of carbonyl (C=O) groups is 2. The van der Waals surface area contributed by atoms with Crippen LogP contribution in [-0.4, -0.2) is 30.0 Å². The van der Waals surface area contributed by atoms with Crippen LogP contribution in [0.4, 0.5) is 0 Å². The lowest BCUT2D eigenvalue weighted by atomic mass is 10.1. The summed E-state index contributed by atoms with van der Waals surface area (Å²) in [5, 5.41) is 5.85. The van der Waals surface area contributed by atoms with Gasteiger partial charge < -0.3 is 10.6 Å². The fraction of sp³-hybridized carbons (Fsp3) is 0.400. The Balaban J connectivity index is 2.18. The zero-order valence-electron chi connectivity index (χ0n) is 12.8. The summed E-state index contributed by atoms with van der Waals surface area (Å²) < 4.78 is 0. The molecule has 0 aliphatic heterocycles. The molecule has 0 fully saturated rings. The molecule has 0 saturated heterocycles. The highest BCUT2D eigenvalue weighted by molar-refractivity contribution is 7.80. The number of rotatable bonds is 6. The third-order valence-electron chi connectivity index (χ3n) is 2.77. The molecule has 0 radical (unpaired) electrons. The fourth-order valence-corrected chi connectivity index (χ4v) is 1.69. The average molecular weight is 322 g/mol. The normalized spacial score (nSPS) is 9.95. The first-order chi connectivity index (χ1) is 10.5. The molecule has 0 unspecified atom stereocenters. The third-order valence-corrected chi connectivity index (χ3v) is 3.01. The molecular weight excluding hydrogens is 300 g/mol. The molecule has 1 aromatic carbocycles. The predicted octanol–water partition coefficient (Wildman–Crippen LogP) is 0.958. The van der Waals surface area contributed by atoms with Gasteiger partial charge in [0, 0.05) is 12.1 Å². The second kappa shape index (κ2) is 9.73. The number of nitrogens with one attached hydrogen (secondary N) is 4. The molecule has 0 aliphatic carbocycles. The second-order valence-electron chi connectivity index (χ2n) is 5.16. The van der Waals surface area contributed by atoms with Gasteiger partial charge in [-0.05, 0) is 36.7 Å². The molecule has 0 atom stereocenters. The Hall–Kier alpha value is -2.15. The molecule has 120 valence electrons. The Labute approximate surface area is 136 Å². The van der Waals surface area contributed by atoms with Gasteiger partial charge in [0.15, 0.2) is 5.11 Å². The Morgan fingerprint density at radius 1 is 1.09 bits per heavy atom. The van der Waals surface area contributed by atoms with Gasteiger partial charge in [0.25, 0.3) is 11.8 Å². The van der Waals surface area contributed by atoms with Crippen molar-refractivity contribution < 1.29 is 9.59 Å². The smallest absolute Gasteiger partial charge is 0.257 e. The lowest BCUT2D eigenvalue weighted by Gasteiger charge is -2.12. The van der Waals surface area contributed by atoms with Crippen LogP contribution in [0, 0.1) is 5.92 Å². The van der Waals surface area contributed by atoms with E-state index in [0.717, 1.165) is 13.0 Å². The molecule has 0 aliphatic rings. The first-order valence-electron chi connectivity index (χ1n) is 7.15. The lowest BCUT2D eigenvalue weighted by Crippen LogP contribution is -2.49. The maximum atomic E-state index is 11.7. The van der Waals surface area contributed by atoms with Crippen molar-refractivity contribution in [2.45, 2.75) is 20.3 Å². The molecule has 0 heterocycles. The van der Waals surface area contributed by atoms with Crippen LogP contribution in [0.2, 0.25) is 0 Å². The van der Waals surface area contributed by atoms with Crippen molar-refractivity contribution in [1.29, 1.82) is 0 Å². The predicted molar refractivity (Wildman–Crippen MR) is 90.1 cm³/mol. The minimum Gasteiger partial charge on any atom is -0.361 e. The summed E-state index contributed by atoms with van der Waals surface area (Å²) in [6.07, 6.45) is 0.989. The molecule has 1 aromatic rings. The molecule has 6 nitrogen and oxygen atoms in total. The van der Waals surface area contributed by atoms with Crippen LogP contribution in [0.15, 0.2) is 30.3 Å². The topological polar surface area (TPSA) is 82.3 Å². The van der Waals surface area contributed by atoms with Gasteiger partial charge in [-0.15, -0.1) is 0 Å². The van der Waals surface area contributed by atoms with Crippen molar-refractivity contribution in [3.63, 3.8) is 0 Å². The van der Waals surface area contributed by atoms with E-state index < -0.39 is 0 Å². The molecular formula is C15H22N4O2S. The summed E-state index contributed by atoms with van der Waals surface area (Å²) in [7, 11) is 0. The number of amides is 2. The largest absolute Gasteiger partial charge is 0.361 e. The van der Waals surface area contributed by atoms with Crippen LogP contribution in [0.3, 0.4) is 0 Å². The van der Waals surface area contributed by atoms with E-state index in [-0.39, 0.29) is 18.4 Å². The molecule has 22 heavy (non-hydrogen) atoms. The summed E-state index contributed by atoms with van der Waals surface area (Å²) in [4.78, 5) is 23.3. The first kappa shape index (κ1) is 17.9. The van der Waals surface area contributed by atoms with Gasteiger partial charge in [-0.3, -0.25) is 20.4 Å². The van der Waals surface area contributed by atoms with Gasteiger partial charge in [-0.2, -0.15) is 0 Å². The van der Waals surface area contributed by atoms with E-state index in [1.165, 1.54) is 0 Å². The number of thiocarbonyl (C=S) groups is 1. The van der Waals surface area contributed by atoms with Crippen molar-refractivity contribution in [2.24, 2.45) is 5.92 Å². The lowest BCUT2D eigenvalue weighted by molar-refractivity contribution is -0.120. The third kappa shape index (κ3) is 7.58. The monoisotopic (exact) mass is 322 g/mol. The van der Waals surface area contributed by atoms with Crippen LogP contribution in [0.25, 0.3) is 0 Å². The van der Waals surface area contributed by atoms with Gasteiger partial charge >= 0.3 is 0 Å². The molecule has 0 bridgehead atoms. The van der Waals surface area contributed by atoms with E-state index in [4.69, 9.17) is 12.2 Å². The van der Waals surface area contributed by atoms with Gasteiger partial charge in [0.05, 0.1) is 6.54 Å². The minimum atomic E-state index is -0.378. The maximum Gasteiger partial charge on any atom is 0.257 e. The van der Waals surface area contributed by atoms with E-state index in [2.05, 4.69) is 35.3 Å². The quantitative estimate of drug-likeness (QED) is 0.463. The Bertz CT molecular complexity index is 506.